The van der Waals surface area contributed by atoms with Gasteiger partial charge in [-0.15, -0.1) is 0 Å². The average molecular weight is 305 g/mol. The molecule has 0 bridgehead atoms. The van der Waals surface area contributed by atoms with Gasteiger partial charge in [-0.2, -0.15) is 0 Å². The zero-order valence-corrected chi connectivity index (χ0v) is 13.0. The first kappa shape index (κ1) is 17.8. The molecular formula is C16H23N3O3. The molecule has 6 nitrogen and oxygen atoms in total. The van der Waals surface area contributed by atoms with Crippen molar-refractivity contribution in [1.29, 1.82) is 0 Å². The second-order valence-electron chi connectivity index (χ2n) is 4.84. The van der Waals surface area contributed by atoms with Crippen molar-refractivity contribution >= 4 is 17.8 Å². The Morgan fingerprint density at radius 1 is 0.955 bits per heavy atom. The summed E-state index contributed by atoms with van der Waals surface area (Å²) in [6.45, 7) is 6.39. The molecule has 0 aliphatic carbocycles. The summed E-state index contributed by atoms with van der Waals surface area (Å²) in [5, 5.41) is 7.28. The summed E-state index contributed by atoms with van der Waals surface area (Å²) in [4.78, 5) is 33.7. The summed E-state index contributed by atoms with van der Waals surface area (Å²) in [5.41, 5.74) is 1.06. The fourth-order valence-corrected chi connectivity index (χ4v) is 2.02. The van der Waals surface area contributed by atoms with Crippen LogP contribution in [0.3, 0.4) is 0 Å². The summed E-state index contributed by atoms with van der Waals surface area (Å²) < 4.78 is 0. The fourth-order valence-electron chi connectivity index (χ4n) is 2.02. The summed E-state index contributed by atoms with van der Waals surface area (Å²) in [7, 11) is 0. The predicted octanol–water partition coefficient (Wildman–Crippen LogP) is 1.22. The lowest BCUT2D eigenvalue weighted by Crippen LogP contribution is -2.55. The van der Waals surface area contributed by atoms with Crippen molar-refractivity contribution < 1.29 is 14.4 Å². The van der Waals surface area contributed by atoms with E-state index in [4.69, 9.17) is 0 Å². The van der Waals surface area contributed by atoms with Crippen molar-refractivity contribution in [2.45, 2.75) is 26.7 Å². The molecule has 1 saturated heterocycles. The molecule has 1 heterocycles. The number of aryl methyl sites for hydroxylation is 1. The summed E-state index contributed by atoms with van der Waals surface area (Å²) in [5.74, 6) is -1.82. The van der Waals surface area contributed by atoms with Gasteiger partial charge in [0.15, 0.2) is 0 Å². The van der Waals surface area contributed by atoms with E-state index in [-0.39, 0.29) is 0 Å². The highest BCUT2D eigenvalue weighted by molar-refractivity contribution is 6.16. The number of hydrogen-bond donors (Lipinski definition) is 3. The summed E-state index contributed by atoms with van der Waals surface area (Å²) in [6.07, 6.45) is 1.02. The van der Waals surface area contributed by atoms with Crippen LogP contribution in [0.2, 0.25) is 0 Å². The molecule has 0 spiro atoms. The topological polar surface area (TPSA) is 87.3 Å². The standard InChI is InChI=1S/C12H12N2O3.C4H11N/c15-10-9(11(16)14-12(17)13-10)7-6-8-4-2-1-3-5-8;1-3-5-4-2/h1-5,9H,6-7H2,(H2,13,14,15,16,17);5H,3-4H2,1-2H3. The lowest BCUT2D eigenvalue weighted by atomic mass is 9.97. The van der Waals surface area contributed by atoms with Gasteiger partial charge in [-0.3, -0.25) is 20.2 Å². The summed E-state index contributed by atoms with van der Waals surface area (Å²) in [6, 6.07) is 8.84. The molecule has 1 aliphatic rings. The number of rotatable bonds is 5. The molecule has 3 N–H and O–H groups in total. The first-order chi connectivity index (χ1) is 10.6. The molecule has 0 radical (unpaired) electrons. The maximum absolute atomic E-state index is 11.4. The minimum atomic E-state index is -0.784. The molecule has 0 aromatic heterocycles. The van der Waals surface area contributed by atoms with Gasteiger partial charge in [0.1, 0.15) is 5.92 Å². The minimum absolute atomic E-state index is 0.398. The Balaban J connectivity index is 0.000000422. The third-order valence-corrected chi connectivity index (χ3v) is 3.17. The first-order valence-electron chi connectivity index (χ1n) is 7.48. The normalized spacial score (nSPS) is 14.7. The summed E-state index contributed by atoms with van der Waals surface area (Å²) >= 11 is 0. The van der Waals surface area contributed by atoms with E-state index in [9.17, 15) is 14.4 Å². The Morgan fingerprint density at radius 2 is 1.50 bits per heavy atom. The van der Waals surface area contributed by atoms with Gasteiger partial charge in [0, 0.05) is 0 Å². The van der Waals surface area contributed by atoms with Crippen LogP contribution in [0, 0.1) is 5.92 Å². The molecule has 1 aromatic carbocycles. The van der Waals surface area contributed by atoms with Gasteiger partial charge in [0.25, 0.3) is 0 Å². The molecule has 0 unspecified atom stereocenters. The van der Waals surface area contributed by atoms with Crippen molar-refractivity contribution in [2.75, 3.05) is 13.1 Å². The molecule has 1 fully saturated rings. The third kappa shape index (κ3) is 6.05. The van der Waals surface area contributed by atoms with E-state index < -0.39 is 23.8 Å². The highest BCUT2D eigenvalue weighted by atomic mass is 16.2. The Hall–Kier alpha value is -2.21. The number of benzene rings is 1. The van der Waals surface area contributed by atoms with Crippen LogP contribution in [0.25, 0.3) is 0 Å². The zero-order valence-electron chi connectivity index (χ0n) is 13.0. The predicted molar refractivity (Wildman–Crippen MR) is 84.2 cm³/mol. The Bertz CT molecular complexity index is 481. The number of amides is 4. The van der Waals surface area contributed by atoms with Crippen LogP contribution < -0.4 is 16.0 Å². The van der Waals surface area contributed by atoms with E-state index in [1.165, 1.54) is 0 Å². The van der Waals surface area contributed by atoms with E-state index in [0.717, 1.165) is 18.7 Å². The quantitative estimate of drug-likeness (QED) is 0.714. The molecule has 22 heavy (non-hydrogen) atoms. The molecule has 0 atom stereocenters. The minimum Gasteiger partial charge on any atom is -0.317 e. The SMILES string of the molecule is CCNCC.O=C1NC(=O)C(CCc2ccccc2)C(=O)N1. The highest BCUT2D eigenvalue weighted by Crippen LogP contribution is 2.12. The Morgan fingerprint density at radius 3 is 1.95 bits per heavy atom. The number of carbonyl (C=O) groups is 3. The van der Waals surface area contributed by atoms with E-state index in [0.29, 0.717) is 12.8 Å². The zero-order chi connectivity index (χ0) is 16.4. The van der Waals surface area contributed by atoms with Gasteiger partial charge >= 0.3 is 6.03 Å². The van der Waals surface area contributed by atoms with Gasteiger partial charge in [-0.1, -0.05) is 44.2 Å². The molecular weight excluding hydrogens is 282 g/mol. The molecule has 6 heteroatoms. The van der Waals surface area contributed by atoms with E-state index >= 15 is 0 Å². The van der Waals surface area contributed by atoms with Crippen molar-refractivity contribution in [1.82, 2.24) is 16.0 Å². The highest BCUT2D eigenvalue weighted by Gasteiger charge is 2.33. The van der Waals surface area contributed by atoms with Crippen LogP contribution in [0.15, 0.2) is 30.3 Å². The van der Waals surface area contributed by atoms with E-state index in [2.05, 4.69) is 29.8 Å². The molecule has 4 amide bonds. The van der Waals surface area contributed by atoms with Crippen molar-refractivity contribution in [3.63, 3.8) is 0 Å². The second kappa shape index (κ2) is 9.68. The lowest BCUT2D eigenvalue weighted by molar-refractivity contribution is -0.136. The number of barbiturate groups is 1. The monoisotopic (exact) mass is 305 g/mol. The van der Waals surface area contributed by atoms with Gasteiger partial charge < -0.3 is 5.32 Å². The van der Waals surface area contributed by atoms with Crippen molar-refractivity contribution in [3.05, 3.63) is 35.9 Å². The lowest BCUT2D eigenvalue weighted by Gasteiger charge is -2.20. The van der Waals surface area contributed by atoms with Crippen LogP contribution in [0.4, 0.5) is 4.79 Å². The van der Waals surface area contributed by atoms with E-state index in [1.54, 1.807) is 0 Å². The van der Waals surface area contributed by atoms with Gasteiger partial charge in [0.2, 0.25) is 11.8 Å². The number of imide groups is 2. The number of urea groups is 1. The van der Waals surface area contributed by atoms with Crippen LogP contribution >= 0.6 is 0 Å². The maximum atomic E-state index is 11.4. The fraction of sp³-hybridized carbons (Fsp3) is 0.438. The van der Waals surface area contributed by atoms with Crippen LogP contribution in [0.1, 0.15) is 25.8 Å². The first-order valence-corrected chi connectivity index (χ1v) is 7.48. The van der Waals surface area contributed by atoms with Crippen molar-refractivity contribution in [2.24, 2.45) is 5.92 Å². The van der Waals surface area contributed by atoms with Gasteiger partial charge in [0.05, 0.1) is 0 Å². The third-order valence-electron chi connectivity index (χ3n) is 3.17. The molecule has 0 saturated carbocycles. The largest absolute Gasteiger partial charge is 0.328 e. The van der Waals surface area contributed by atoms with Crippen molar-refractivity contribution in [3.8, 4) is 0 Å². The molecule has 120 valence electrons. The Kier molecular flexibility index (Phi) is 7.85. The molecule has 2 rings (SSSR count). The van der Waals surface area contributed by atoms with Crippen LogP contribution in [-0.2, 0) is 16.0 Å². The van der Waals surface area contributed by atoms with Crippen LogP contribution in [-0.4, -0.2) is 30.9 Å². The Labute approximate surface area is 130 Å². The number of hydrogen-bond acceptors (Lipinski definition) is 4. The van der Waals surface area contributed by atoms with E-state index in [1.807, 2.05) is 30.3 Å². The average Bonchev–Trinajstić information content (AvgIpc) is 2.48. The van der Waals surface area contributed by atoms with Gasteiger partial charge in [-0.25, -0.2) is 4.79 Å². The maximum Gasteiger partial charge on any atom is 0.328 e. The second-order valence-corrected chi connectivity index (χ2v) is 4.84. The molecule has 1 aliphatic heterocycles. The number of carbonyl (C=O) groups excluding carboxylic acids is 3. The number of nitrogens with one attached hydrogen (secondary N) is 3. The van der Waals surface area contributed by atoms with Crippen LogP contribution in [0.5, 0.6) is 0 Å². The van der Waals surface area contributed by atoms with Gasteiger partial charge in [-0.05, 0) is 31.5 Å². The molecule has 1 aromatic rings. The smallest absolute Gasteiger partial charge is 0.317 e.